The average Bonchev–Trinajstić information content (AvgIpc) is 2.15. The second-order valence-electron chi connectivity index (χ2n) is 2.85. The van der Waals surface area contributed by atoms with Crippen LogP contribution in [0.4, 0.5) is 0 Å². The van der Waals surface area contributed by atoms with Crippen molar-refractivity contribution in [1.82, 2.24) is 0 Å². The lowest BCUT2D eigenvalue weighted by Crippen LogP contribution is -1.95. The Kier molecular flexibility index (Phi) is 3.53. The minimum Gasteiger partial charge on any atom is -0.490 e. The van der Waals surface area contributed by atoms with Gasteiger partial charge in [-0.3, -0.25) is 0 Å². The van der Waals surface area contributed by atoms with Gasteiger partial charge in [-0.25, -0.2) is 0 Å². The van der Waals surface area contributed by atoms with Crippen LogP contribution in [-0.2, 0) is 0 Å². The highest BCUT2D eigenvalue weighted by Crippen LogP contribution is 2.18. The van der Waals surface area contributed by atoms with Crippen LogP contribution in [0.5, 0.6) is 5.75 Å². The summed E-state index contributed by atoms with van der Waals surface area (Å²) in [5, 5.41) is 9.30. The van der Waals surface area contributed by atoms with Crippen molar-refractivity contribution in [2.45, 2.75) is 13.0 Å². The van der Waals surface area contributed by atoms with Gasteiger partial charge in [0.2, 0.25) is 0 Å². The molecule has 1 rings (SSSR count). The molecule has 0 spiro atoms. The molecule has 70 valence electrons. The second kappa shape index (κ2) is 4.67. The first-order chi connectivity index (χ1) is 6.24. The minimum absolute atomic E-state index is 0.452. The Bertz CT molecular complexity index is 279. The lowest BCUT2D eigenvalue weighted by Gasteiger charge is -2.07. The van der Waals surface area contributed by atoms with Gasteiger partial charge in [0.25, 0.3) is 0 Å². The third kappa shape index (κ3) is 2.92. The molecule has 2 nitrogen and oxygen atoms in total. The molecule has 0 aliphatic carbocycles. The Morgan fingerprint density at radius 3 is 3.00 bits per heavy atom. The third-order valence-electron chi connectivity index (χ3n) is 1.71. The summed E-state index contributed by atoms with van der Waals surface area (Å²) in [5.41, 5.74) is 0.863. The Labute approximate surface area is 78.5 Å². The van der Waals surface area contributed by atoms with Crippen LogP contribution in [0, 0.1) is 0 Å². The molecule has 1 unspecified atom stereocenters. The van der Waals surface area contributed by atoms with E-state index in [1.54, 1.807) is 13.0 Å². The van der Waals surface area contributed by atoms with Gasteiger partial charge in [-0.05, 0) is 24.6 Å². The lowest BCUT2D eigenvalue weighted by atomic mass is 10.1. The van der Waals surface area contributed by atoms with E-state index in [9.17, 15) is 5.11 Å². The van der Waals surface area contributed by atoms with Crippen molar-refractivity contribution in [3.8, 4) is 5.75 Å². The molecule has 0 saturated carbocycles. The van der Waals surface area contributed by atoms with E-state index in [1.807, 2.05) is 24.3 Å². The van der Waals surface area contributed by atoms with Crippen LogP contribution in [0.2, 0.25) is 0 Å². The molecule has 1 atom stereocenters. The van der Waals surface area contributed by atoms with Crippen molar-refractivity contribution in [2.24, 2.45) is 0 Å². The van der Waals surface area contributed by atoms with E-state index in [0.717, 1.165) is 11.3 Å². The van der Waals surface area contributed by atoms with E-state index >= 15 is 0 Å². The number of hydrogen-bond acceptors (Lipinski definition) is 2. The van der Waals surface area contributed by atoms with Crippen molar-refractivity contribution in [3.63, 3.8) is 0 Å². The number of rotatable bonds is 4. The smallest absolute Gasteiger partial charge is 0.120 e. The van der Waals surface area contributed by atoms with Gasteiger partial charge in [-0.1, -0.05) is 24.8 Å². The number of benzene rings is 1. The number of hydrogen-bond donors (Lipinski definition) is 1. The average molecular weight is 178 g/mol. The number of aliphatic hydroxyl groups excluding tert-OH is 1. The summed E-state index contributed by atoms with van der Waals surface area (Å²) in [5.74, 6) is 0.762. The van der Waals surface area contributed by atoms with Crippen LogP contribution in [-0.4, -0.2) is 11.7 Å². The van der Waals surface area contributed by atoms with Gasteiger partial charge in [0.05, 0.1) is 6.10 Å². The molecule has 0 bridgehead atoms. The zero-order valence-electron chi connectivity index (χ0n) is 7.73. The summed E-state index contributed by atoms with van der Waals surface area (Å²) >= 11 is 0. The second-order valence-corrected chi connectivity index (χ2v) is 2.85. The summed E-state index contributed by atoms with van der Waals surface area (Å²) in [7, 11) is 0. The molecule has 0 radical (unpaired) electrons. The summed E-state index contributed by atoms with van der Waals surface area (Å²) in [4.78, 5) is 0. The highest BCUT2D eigenvalue weighted by Gasteiger charge is 2.01. The zero-order valence-corrected chi connectivity index (χ0v) is 7.73. The van der Waals surface area contributed by atoms with Crippen LogP contribution in [0.15, 0.2) is 36.9 Å². The maximum atomic E-state index is 9.30. The minimum atomic E-state index is -0.452. The molecule has 0 aliphatic rings. The first-order valence-electron chi connectivity index (χ1n) is 4.25. The van der Waals surface area contributed by atoms with E-state index in [4.69, 9.17) is 4.74 Å². The van der Waals surface area contributed by atoms with Gasteiger partial charge < -0.3 is 9.84 Å². The Hall–Kier alpha value is -1.28. The van der Waals surface area contributed by atoms with Crippen LogP contribution in [0.25, 0.3) is 0 Å². The summed E-state index contributed by atoms with van der Waals surface area (Å²) in [6.07, 6.45) is 1.24. The molecule has 0 saturated heterocycles. The maximum Gasteiger partial charge on any atom is 0.120 e. The predicted molar refractivity (Wildman–Crippen MR) is 52.8 cm³/mol. The SMILES string of the molecule is C=CCOc1cccc(C(C)O)c1. The van der Waals surface area contributed by atoms with Crippen molar-refractivity contribution in [1.29, 1.82) is 0 Å². The van der Waals surface area contributed by atoms with Gasteiger partial charge in [-0.15, -0.1) is 0 Å². The molecule has 1 aromatic rings. The van der Waals surface area contributed by atoms with Crippen LogP contribution in [0.3, 0.4) is 0 Å². The normalized spacial score (nSPS) is 12.2. The summed E-state index contributed by atoms with van der Waals surface area (Å²) < 4.78 is 5.32. The van der Waals surface area contributed by atoms with E-state index in [2.05, 4.69) is 6.58 Å². The zero-order chi connectivity index (χ0) is 9.68. The van der Waals surface area contributed by atoms with Crippen molar-refractivity contribution < 1.29 is 9.84 Å². The van der Waals surface area contributed by atoms with Crippen LogP contribution in [0.1, 0.15) is 18.6 Å². The van der Waals surface area contributed by atoms with E-state index in [0.29, 0.717) is 6.61 Å². The van der Waals surface area contributed by atoms with E-state index in [-0.39, 0.29) is 0 Å². The molecule has 0 aromatic heterocycles. The first kappa shape index (κ1) is 9.81. The maximum absolute atomic E-state index is 9.30. The fourth-order valence-corrected chi connectivity index (χ4v) is 1.02. The van der Waals surface area contributed by atoms with Crippen LogP contribution >= 0.6 is 0 Å². The molecule has 0 amide bonds. The van der Waals surface area contributed by atoms with E-state index < -0.39 is 6.10 Å². The quantitative estimate of drug-likeness (QED) is 0.717. The monoisotopic (exact) mass is 178 g/mol. The molecular weight excluding hydrogens is 164 g/mol. The number of aliphatic hydroxyl groups is 1. The Morgan fingerprint density at radius 2 is 2.38 bits per heavy atom. The van der Waals surface area contributed by atoms with Gasteiger partial charge in [0.1, 0.15) is 12.4 Å². The third-order valence-corrected chi connectivity index (χ3v) is 1.71. The molecule has 1 N–H and O–H groups in total. The van der Waals surface area contributed by atoms with Crippen molar-refractivity contribution >= 4 is 0 Å². The van der Waals surface area contributed by atoms with Crippen molar-refractivity contribution in [2.75, 3.05) is 6.61 Å². The topological polar surface area (TPSA) is 29.5 Å². The largest absolute Gasteiger partial charge is 0.490 e. The highest BCUT2D eigenvalue weighted by atomic mass is 16.5. The van der Waals surface area contributed by atoms with Gasteiger partial charge >= 0.3 is 0 Å². The van der Waals surface area contributed by atoms with Gasteiger partial charge in [-0.2, -0.15) is 0 Å². The number of ether oxygens (including phenoxy) is 1. The predicted octanol–water partition coefficient (Wildman–Crippen LogP) is 2.30. The standard InChI is InChI=1S/C11H14O2/c1-3-7-13-11-6-4-5-10(8-11)9(2)12/h3-6,8-9,12H,1,7H2,2H3. The van der Waals surface area contributed by atoms with E-state index in [1.165, 1.54) is 0 Å². The first-order valence-corrected chi connectivity index (χ1v) is 4.25. The molecule has 13 heavy (non-hydrogen) atoms. The molecular formula is C11H14O2. The molecule has 2 heteroatoms. The Balaban J connectivity index is 2.73. The van der Waals surface area contributed by atoms with Gasteiger partial charge in [0, 0.05) is 0 Å². The molecule has 1 aromatic carbocycles. The fraction of sp³-hybridized carbons (Fsp3) is 0.273. The highest BCUT2D eigenvalue weighted by molar-refractivity contribution is 5.29. The fourth-order valence-electron chi connectivity index (χ4n) is 1.02. The molecule has 0 fully saturated rings. The lowest BCUT2D eigenvalue weighted by molar-refractivity contribution is 0.198. The molecule has 0 aliphatic heterocycles. The van der Waals surface area contributed by atoms with Gasteiger partial charge in [0.15, 0.2) is 0 Å². The Morgan fingerprint density at radius 1 is 1.62 bits per heavy atom. The van der Waals surface area contributed by atoms with Crippen LogP contribution < -0.4 is 4.74 Å². The summed E-state index contributed by atoms with van der Waals surface area (Å²) in [6, 6.07) is 7.41. The summed E-state index contributed by atoms with van der Waals surface area (Å²) in [6.45, 7) is 5.78. The molecule has 0 heterocycles. The van der Waals surface area contributed by atoms with Crippen molar-refractivity contribution in [3.05, 3.63) is 42.5 Å².